The van der Waals surface area contributed by atoms with E-state index in [4.69, 9.17) is 5.11 Å². The molecule has 0 aliphatic rings. The normalized spacial score (nSPS) is 10.2. The van der Waals surface area contributed by atoms with E-state index in [2.05, 4.69) is 10.4 Å². The molecule has 0 radical (unpaired) electrons. The predicted octanol–water partition coefficient (Wildman–Crippen LogP) is 0.913. The second kappa shape index (κ2) is 3.53. The summed E-state index contributed by atoms with van der Waals surface area (Å²) in [5, 5.41) is 14.7. The van der Waals surface area contributed by atoms with E-state index in [0.717, 1.165) is 0 Å². The molecule has 1 heterocycles. The molecule has 0 aliphatic heterocycles. The number of H-pyrrole nitrogens is 1. The highest BCUT2D eigenvalue weighted by Gasteiger charge is 2.05. The molecule has 78 valence electrons. The van der Waals surface area contributed by atoms with Crippen LogP contribution < -0.4 is 10.9 Å². The minimum Gasteiger partial charge on any atom is -0.508 e. The molecule has 0 saturated heterocycles. The van der Waals surface area contributed by atoms with Crippen LogP contribution >= 0.6 is 0 Å². The number of rotatable bonds is 2. The van der Waals surface area contributed by atoms with Gasteiger partial charge in [-0.3, -0.25) is 9.89 Å². The Morgan fingerprint density at radius 1 is 1.33 bits per heavy atom. The van der Waals surface area contributed by atoms with Gasteiger partial charge in [-0.2, -0.15) is 0 Å². The van der Waals surface area contributed by atoms with E-state index in [1.165, 1.54) is 16.8 Å². The zero-order chi connectivity index (χ0) is 10.8. The fraction of sp³-hybridized carbons (Fsp3) is 0.100. The SMILES string of the molecule is CNc1c[nH]n(-c2ccc(O)cc2)c1=O. The summed E-state index contributed by atoms with van der Waals surface area (Å²) in [4.78, 5) is 11.7. The summed E-state index contributed by atoms with van der Waals surface area (Å²) < 4.78 is 1.39. The lowest BCUT2D eigenvalue weighted by Crippen LogP contribution is -2.16. The van der Waals surface area contributed by atoms with Crippen molar-refractivity contribution >= 4 is 5.69 Å². The molecular formula is C10H11N3O2. The molecule has 0 aliphatic carbocycles. The number of nitrogens with one attached hydrogen (secondary N) is 2. The van der Waals surface area contributed by atoms with E-state index < -0.39 is 0 Å². The van der Waals surface area contributed by atoms with Crippen LogP contribution in [0.4, 0.5) is 5.69 Å². The van der Waals surface area contributed by atoms with E-state index >= 15 is 0 Å². The van der Waals surface area contributed by atoms with Crippen molar-refractivity contribution in [2.24, 2.45) is 0 Å². The van der Waals surface area contributed by atoms with Gasteiger partial charge < -0.3 is 10.4 Å². The molecule has 5 nitrogen and oxygen atoms in total. The van der Waals surface area contributed by atoms with Gasteiger partial charge >= 0.3 is 0 Å². The Hall–Kier alpha value is -2.17. The number of nitrogens with zero attached hydrogens (tertiary/aromatic N) is 1. The van der Waals surface area contributed by atoms with Crippen LogP contribution in [0.1, 0.15) is 0 Å². The van der Waals surface area contributed by atoms with Crippen molar-refractivity contribution in [2.45, 2.75) is 0 Å². The van der Waals surface area contributed by atoms with Crippen LogP contribution in [-0.4, -0.2) is 21.9 Å². The van der Waals surface area contributed by atoms with Gasteiger partial charge in [0, 0.05) is 13.2 Å². The van der Waals surface area contributed by atoms with Crippen LogP contribution in [0.25, 0.3) is 5.69 Å². The van der Waals surface area contributed by atoms with Crippen LogP contribution in [0.2, 0.25) is 0 Å². The molecule has 1 aromatic heterocycles. The van der Waals surface area contributed by atoms with E-state index in [1.807, 2.05) is 0 Å². The Bertz CT molecular complexity index is 510. The second-order valence-electron chi connectivity index (χ2n) is 3.09. The molecule has 0 atom stereocenters. The maximum atomic E-state index is 11.7. The first-order chi connectivity index (χ1) is 7.22. The summed E-state index contributed by atoms with van der Waals surface area (Å²) in [6.07, 6.45) is 1.59. The van der Waals surface area contributed by atoms with Gasteiger partial charge in [-0.05, 0) is 24.3 Å². The lowest BCUT2D eigenvalue weighted by molar-refractivity contribution is 0.475. The number of hydrogen-bond donors (Lipinski definition) is 3. The number of aromatic hydroxyl groups is 1. The van der Waals surface area contributed by atoms with E-state index in [-0.39, 0.29) is 11.3 Å². The summed E-state index contributed by atoms with van der Waals surface area (Å²) in [5.41, 5.74) is 1.03. The Labute approximate surface area is 86.0 Å². The van der Waals surface area contributed by atoms with Gasteiger partial charge in [0.2, 0.25) is 0 Å². The quantitative estimate of drug-likeness (QED) is 0.682. The Morgan fingerprint density at radius 2 is 2.00 bits per heavy atom. The second-order valence-corrected chi connectivity index (χ2v) is 3.09. The highest BCUT2D eigenvalue weighted by Crippen LogP contribution is 2.12. The molecule has 2 aromatic rings. The third-order valence-corrected chi connectivity index (χ3v) is 2.15. The van der Waals surface area contributed by atoms with Gasteiger partial charge in [-0.1, -0.05) is 0 Å². The van der Waals surface area contributed by atoms with Crippen LogP contribution in [0.3, 0.4) is 0 Å². The molecule has 0 unspecified atom stereocenters. The lowest BCUT2D eigenvalue weighted by Gasteiger charge is -2.00. The molecule has 0 fully saturated rings. The molecule has 0 bridgehead atoms. The fourth-order valence-electron chi connectivity index (χ4n) is 1.34. The molecular weight excluding hydrogens is 194 g/mol. The van der Waals surface area contributed by atoms with Crippen molar-refractivity contribution in [3.05, 3.63) is 40.8 Å². The summed E-state index contributed by atoms with van der Waals surface area (Å²) in [6, 6.07) is 6.38. The first kappa shape index (κ1) is 9.39. The zero-order valence-corrected chi connectivity index (χ0v) is 8.19. The first-order valence-corrected chi connectivity index (χ1v) is 4.50. The number of aromatic amines is 1. The average Bonchev–Trinajstić information content (AvgIpc) is 2.61. The van der Waals surface area contributed by atoms with E-state index in [0.29, 0.717) is 11.4 Å². The highest BCUT2D eigenvalue weighted by molar-refractivity contribution is 5.42. The van der Waals surface area contributed by atoms with Crippen LogP contribution in [-0.2, 0) is 0 Å². The van der Waals surface area contributed by atoms with Gasteiger partial charge in [0.25, 0.3) is 5.56 Å². The monoisotopic (exact) mass is 205 g/mol. The van der Waals surface area contributed by atoms with Gasteiger partial charge in [0.05, 0.1) is 5.69 Å². The number of phenolic OH excluding ortho intramolecular Hbond substituents is 1. The summed E-state index contributed by atoms with van der Waals surface area (Å²) >= 11 is 0. The predicted molar refractivity (Wildman–Crippen MR) is 57.6 cm³/mol. The van der Waals surface area contributed by atoms with Crippen molar-refractivity contribution in [1.29, 1.82) is 0 Å². The van der Waals surface area contributed by atoms with Crippen molar-refractivity contribution in [2.75, 3.05) is 12.4 Å². The van der Waals surface area contributed by atoms with Gasteiger partial charge in [-0.15, -0.1) is 0 Å². The van der Waals surface area contributed by atoms with Gasteiger partial charge in [0.1, 0.15) is 11.4 Å². The average molecular weight is 205 g/mol. The minimum atomic E-state index is -0.150. The van der Waals surface area contributed by atoms with Crippen LogP contribution in [0.5, 0.6) is 5.75 Å². The Morgan fingerprint density at radius 3 is 2.53 bits per heavy atom. The van der Waals surface area contributed by atoms with Crippen molar-refractivity contribution in [1.82, 2.24) is 9.78 Å². The van der Waals surface area contributed by atoms with E-state index in [1.54, 1.807) is 25.4 Å². The van der Waals surface area contributed by atoms with Crippen LogP contribution in [0.15, 0.2) is 35.3 Å². The van der Waals surface area contributed by atoms with Gasteiger partial charge in [-0.25, -0.2) is 4.68 Å². The molecule has 1 aromatic carbocycles. The molecule has 2 rings (SSSR count). The topological polar surface area (TPSA) is 70.1 Å². The first-order valence-electron chi connectivity index (χ1n) is 4.50. The third-order valence-electron chi connectivity index (χ3n) is 2.15. The number of aromatic nitrogens is 2. The standard InChI is InChI=1S/C10H11N3O2/c1-11-9-6-12-13(10(9)15)7-2-4-8(14)5-3-7/h2-6,11-12,14H,1H3. The minimum absolute atomic E-state index is 0.150. The van der Waals surface area contributed by atoms with Crippen LogP contribution in [0, 0.1) is 0 Å². The fourth-order valence-corrected chi connectivity index (χ4v) is 1.34. The lowest BCUT2D eigenvalue weighted by atomic mass is 10.3. The maximum Gasteiger partial charge on any atom is 0.294 e. The molecule has 5 heteroatoms. The smallest absolute Gasteiger partial charge is 0.294 e. The number of hydrogen-bond acceptors (Lipinski definition) is 3. The molecule has 0 saturated carbocycles. The summed E-state index contributed by atoms with van der Waals surface area (Å²) in [6.45, 7) is 0. The largest absolute Gasteiger partial charge is 0.508 e. The van der Waals surface area contributed by atoms with E-state index in [9.17, 15) is 4.79 Å². The maximum absolute atomic E-state index is 11.7. The molecule has 0 spiro atoms. The van der Waals surface area contributed by atoms with Gasteiger partial charge in [0.15, 0.2) is 0 Å². The summed E-state index contributed by atoms with van der Waals surface area (Å²) in [5.74, 6) is 0.173. The number of phenols is 1. The summed E-state index contributed by atoms with van der Waals surface area (Å²) in [7, 11) is 1.69. The van der Waals surface area contributed by atoms with Crippen molar-refractivity contribution < 1.29 is 5.11 Å². The number of anilines is 1. The molecule has 0 amide bonds. The zero-order valence-electron chi connectivity index (χ0n) is 8.19. The molecule has 3 N–H and O–H groups in total. The van der Waals surface area contributed by atoms with Crippen molar-refractivity contribution in [3.63, 3.8) is 0 Å². The third kappa shape index (κ3) is 1.59. The Kier molecular flexibility index (Phi) is 2.21. The highest BCUT2D eigenvalue weighted by atomic mass is 16.3. The Balaban J connectivity index is 2.50. The number of benzene rings is 1. The van der Waals surface area contributed by atoms with Crippen molar-refractivity contribution in [3.8, 4) is 11.4 Å². The molecule has 15 heavy (non-hydrogen) atoms.